The molecule has 0 aliphatic heterocycles. The van der Waals surface area contributed by atoms with Gasteiger partial charge in [0.2, 0.25) is 0 Å². The third kappa shape index (κ3) is 1.76. The van der Waals surface area contributed by atoms with E-state index in [2.05, 4.69) is 6.07 Å². The molecule has 0 bridgehead atoms. The highest BCUT2D eigenvalue weighted by molar-refractivity contribution is 5.85. The Labute approximate surface area is 123 Å². The van der Waals surface area contributed by atoms with Gasteiger partial charge in [-0.3, -0.25) is 4.79 Å². The first-order valence-electron chi connectivity index (χ1n) is 6.81. The van der Waals surface area contributed by atoms with E-state index in [4.69, 9.17) is 4.74 Å². The van der Waals surface area contributed by atoms with E-state index in [-0.39, 0.29) is 5.97 Å². The quantitative estimate of drug-likeness (QED) is 0.752. The summed E-state index contributed by atoms with van der Waals surface area (Å²) < 4.78 is 4.98. The van der Waals surface area contributed by atoms with E-state index in [0.717, 1.165) is 22.3 Å². The number of hydrogen-bond acceptors (Lipinski definition) is 3. The van der Waals surface area contributed by atoms with Crippen LogP contribution in [0.4, 0.5) is 0 Å². The molecule has 0 spiro atoms. The fraction of sp³-hybridized carbons (Fsp3) is 0.222. The molecule has 3 rings (SSSR count). The van der Waals surface area contributed by atoms with Crippen molar-refractivity contribution in [3.05, 3.63) is 70.8 Å². The second kappa shape index (κ2) is 4.75. The summed E-state index contributed by atoms with van der Waals surface area (Å²) in [5.41, 5.74) is 2.71. The molecule has 0 atom stereocenters. The lowest BCUT2D eigenvalue weighted by atomic mass is 9.65. The molecule has 2 aromatic rings. The Bertz CT molecular complexity index is 710. The first-order chi connectivity index (χ1) is 10.1. The van der Waals surface area contributed by atoms with Crippen LogP contribution in [-0.2, 0) is 14.9 Å². The first-order valence-corrected chi connectivity index (χ1v) is 6.81. The van der Waals surface area contributed by atoms with Gasteiger partial charge in [-0.25, -0.2) is 0 Å². The van der Waals surface area contributed by atoms with Gasteiger partial charge in [-0.15, -0.1) is 0 Å². The largest absolute Gasteiger partial charge is 0.468 e. The summed E-state index contributed by atoms with van der Waals surface area (Å²) >= 11 is 0. The van der Waals surface area contributed by atoms with Crippen LogP contribution in [-0.4, -0.2) is 13.1 Å². The van der Waals surface area contributed by atoms with Crippen LogP contribution in [0.25, 0.3) is 0 Å². The molecular formula is C18H15NO2. The minimum Gasteiger partial charge on any atom is -0.468 e. The number of nitrogens with zero attached hydrogens (tertiary/aromatic N) is 1. The molecule has 1 aliphatic rings. The number of benzene rings is 2. The number of fused-ring (bicyclic) bond motifs is 2. The maximum Gasteiger partial charge on any atom is 0.317 e. The van der Waals surface area contributed by atoms with Crippen LogP contribution in [0, 0.1) is 11.3 Å². The van der Waals surface area contributed by atoms with Crippen molar-refractivity contribution in [3.8, 4) is 6.07 Å². The summed E-state index contributed by atoms with van der Waals surface area (Å²) in [6.45, 7) is 1.90. The zero-order valence-corrected chi connectivity index (χ0v) is 12.0. The van der Waals surface area contributed by atoms with Gasteiger partial charge < -0.3 is 4.74 Å². The second-order valence-corrected chi connectivity index (χ2v) is 5.37. The highest BCUT2D eigenvalue weighted by atomic mass is 16.5. The lowest BCUT2D eigenvalue weighted by molar-refractivity contribution is -0.141. The lowest BCUT2D eigenvalue weighted by Gasteiger charge is -2.36. The molecule has 0 heterocycles. The molecule has 0 aromatic heterocycles. The van der Waals surface area contributed by atoms with Crippen molar-refractivity contribution in [1.29, 1.82) is 5.26 Å². The second-order valence-electron chi connectivity index (χ2n) is 5.37. The molecule has 21 heavy (non-hydrogen) atoms. The van der Waals surface area contributed by atoms with Crippen LogP contribution in [0.3, 0.4) is 0 Å². The van der Waals surface area contributed by atoms with Crippen LogP contribution in [0.15, 0.2) is 48.5 Å². The van der Waals surface area contributed by atoms with Gasteiger partial charge in [0.1, 0.15) is 11.3 Å². The fourth-order valence-corrected chi connectivity index (χ4v) is 3.21. The Kier molecular flexibility index (Phi) is 3.03. The van der Waals surface area contributed by atoms with E-state index in [0.29, 0.717) is 0 Å². The summed E-state index contributed by atoms with van der Waals surface area (Å²) in [4.78, 5) is 12.3. The molecule has 0 fully saturated rings. The van der Waals surface area contributed by atoms with Crippen molar-refractivity contribution in [3.63, 3.8) is 0 Å². The number of carbonyl (C=O) groups excluding carboxylic acids is 1. The minimum atomic E-state index is -0.752. The molecule has 1 aliphatic carbocycles. The van der Waals surface area contributed by atoms with E-state index < -0.39 is 11.3 Å². The van der Waals surface area contributed by atoms with Gasteiger partial charge >= 0.3 is 5.97 Å². The van der Waals surface area contributed by atoms with Crippen molar-refractivity contribution in [1.82, 2.24) is 0 Å². The summed E-state index contributed by atoms with van der Waals surface area (Å²) in [7, 11) is 1.39. The number of ether oxygens (including phenoxy) is 1. The Morgan fingerprint density at radius 1 is 1.10 bits per heavy atom. The summed E-state index contributed by atoms with van der Waals surface area (Å²) in [6, 6.07) is 17.6. The first kappa shape index (κ1) is 13.4. The highest BCUT2D eigenvalue weighted by Crippen LogP contribution is 2.46. The standard InChI is InChI=1S/C18H15NO2/c1-18(11-19)14-9-5-3-7-12(14)16(17(20)21-2)13-8-4-6-10-15(13)18/h3-10,16H,1-2H3. The zero-order chi connectivity index (χ0) is 15.0. The number of nitriles is 1. The maximum atomic E-state index is 12.3. The Balaban J connectivity index is 2.37. The van der Waals surface area contributed by atoms with Crippen molar-refractivity contribution >= 4 is 5.97 Å². The fourth-order valence-electron chi connectivity index (χ4n) is 3.21. The average Bonchev–Trinajstić information content (AvgIpc) is 2.55. The molecule has 2 aromatic carbocycles. The van der Waals surface area contributed by atoms with Gasteiger partial charge in [0.25, 0.3) is 0 Å². The molecule has 0 unspecified atom stereocenters. The van der Waals surface area contributed by atoms with Crippen molar-refractivity contribution < 1.29 is 9.53 Å². The van der Waals surface area contributed by atoms with Crippen molar-refractivity contribution in [2.24, 2.45) is 0 Å². The van der Waals surface area contributed by atoms with Gasteiger partial charge in [0.05, 0.1) is 13.2 Å². The Hall–Kier alpha value is -2.60. The topological polar surface area (TPSA) is 50.1 Å². The third-order valence-electron chi connectivity index (χ3n) is 4.28. The van der Waals surface area contributed by atoms with E-state index in [9.17, 15) is 10.1 Å². The van der Waals surface area contributed by atoms with Crippen LogP contribution >= 0.6 is 0 Å². The van der Waals surface area contributed by atoms with Crippen molar-refractivity contribution in [2.75, 3.05) is 7.11 Å². The molecular weight excluding hydrogens is 262 g/mol. The smallest absolute Gasteiger partial charge is 0.317 e. The van der Waals surface area contributed by atoms with E-state index >= 15 is 0 Å². The number of hydrogen-bond donors (Lipinski definition) is 0. The molecule has 0 saturated carbocycles. The number of rotatable bonds is 1. The molecule has 0 amide bonds. The van der Waals surface area contributed by atoms with Crippen LogP contribution in [0.5, 0.6) is 0 Å². The number of methoxy groups -OCH3 is 1. The average molecular weight is 277 g/mol. The zero-order valence-electron chi connectivity index (χ0n) is 12.0. The normalized spacial score (nSPS) is 22.6. The lowest BCUT2D eigenvalue weighted by Crippen LogP contribution is -2.33. The monoisotopic (exact) mass is 277 g/mol. The summed E-state index contributed by atoms with van der Waals surface area (Å²) in [5.74, 6) is -0.765. The van der Waals surface area contributed by atoms with Gasteiger partial charge in [0, 0.05) is 0 Å². The van der Waals surface area contributed by atoms with Gasteiger partial charge in [0.15, 0.2) is 0 Å². The maximum absolute atomic E-state index is 12.3. The van der Waals surface area contributed by atoms with Gasteiger partial charge in [-0.1, -0.05) is 48.5 Å². The van der Waals surface area contributed by atoms with Crippen LogP contribution < -0.4 is 0 Å². The molecule has 104 valence electrons. The molecule has 3 heteroatoms. The molecule has 0 N–H and O–H groups in total. The van der Waals surface area contributed by atoms with E-state index in [1.165, 1.54) is 7.11 Å². The van der Waals surface area contributed by atoms with Crippen LogP contribution in [0.1, 0.15) is 35.1 Å². The molecule has 3 nitrogen and oxygen atoms in total. The Morgan fingerprint density at radius 2 is 1.57 bits per heavy atom. The predicted octanol–water partition coefficient (Wildman–Crippen LogP) is 3.13. The van der Waals surface area contributed by atoms with Gasteiger partial charge in [-0.2, -0.15) is 5.26 Å². The number of esters is 1. The number of carbonyl (C=O) groups is 1. The van der Waals surface area contributed by atoms with Crippen molar-refractivity contribution in [2.45, 2.75) is 18.3 Å². The SMILES string of the molecule is COC(=O)C1c2ccccc2C(C)(C#N)c2ccccc21. The Morgan fingerprint density at radius 3 is 2.00 bits per heavy atom. The molecule has 0 radical (unpaired) electrons. The highest BCUT2D eigenvalue weighted by Gasteiger charge is 2.43. The van der Waals surface area contributed by atoms with E-state index in [1.807, 2.05) is 55.5 Å². The summed E-state index contributed by atoms with van der Waals surface area (Å²) in [5, 5.41) is 9.76. The minimum absolute atomic E-state index is 0.296. The van der Waals surface area contributed by atoms with E-state index in [1.54, 1.807) is 0 Å². The van der Waals surface area contributed by atoms with Crippen LogP contribution in [0.2, 0.25) is 0 Å². The summed E-state index contributed by atoms with van der Waals surface area (Å²) in [6.07, 6.45) is 0. The van der Waals surface area contributed by atoms with Gasteiger partial charge in [-0.05, 0) is 29.2 Å². The molecule has 0 saturated heterocycles. The third-order valence-corrected chi connectivity index (χ3v) is 4.28. The predicted molar refractivity (Wildman–Crippen MR) is 78.8 cm³/mol.